The third-order valence-electron chi connectivity index (χ3n) is 2.56. The van der Waals surface area contributed by atoms with Crippen molar-refractivity contribution in [1.29, 1.82) is 0 Å². The van der Waals surface area contributed by atoms with Crippen molar-refractivity contribution in [2.75, 3.05) is 12.8 Å². The molecule has 1 fully saturated rings. The number of thioether (sulfide) groups is 2. The normalized spacial score (nSPS) is 31.3. The summed E-state index contributed by atoms with van der Waals surface area (Å²) in [5.74, 6) is 0. The topological polar surface area (TPSA) is 24.4 Å². The van der Waals surface area contributed by atoms with Gasteiger partial charge in [-0.15, -0.1) is 0 Å². The summed E-state index contributed by atoms with van der Waals surface area (Å²) in [6.07, 6.45) is 4.58. The predicted molar refractivity (Wildman–Crippen MR) is 74.2 cm³/mol. The van der Waals surface area contributed by atoms with Crippen LogP contribution < -0.4 is 5.32 Å². The van der Waals surface area contributed by atoms with Crippen LogP contribution in [0.4, 0.5) is 0 Å². The molecule has 2 nitrogen and oxygen atoms in total. The summed E-state index contributed by atoms with van der Waals surface area (Å²) in [6, 6.07) is 0.581. The van der Waals surface area contributed by atoms with Gasteiger partial charge in [0.05, 0.1) is 0 Å². The minimum absolute atomic E-state index is 0.581. The predicted octanol–water partition coefficient (Wildman–Crippen LogP) is 2.99. The lowest BCUT2D eigenvalue weighted by Gasteiger charge is -2.26. The summed E-state index contributed by atoms with van der Waals surface area (Å²) in [5, 5.41) is 6.02. The summed E-state index contributed by atoms with van der Waals surface area (Å²) >= 11 is 3.80. The average molecular weight is 246 g/mol. The van der Waals surface area contributed by atoms with Crippen LogP contribution in [0.1, 0.15) is 33.6 Å². The molecule has 1 rings (SSSR count). The van der Waals surface area contributed by atoms with Crippen LogP contribution in [0, 0.1) is 0 Å². The first-order chi connectivity index (χ1) is 7.11. The molecule has 3 atom stereocenters. The number of nitrogens with one attached hydrogen (secondary N) is 1. The molecule has 0 saturated carbocycles. The second-order valence-electron chi connectivity index (χ2n) is 4.23. The number of hydrogen-bond donors (Lipinski definition) is 1. The highest BCUT2D eigenvalue weighted by Gasteiger charge is 2.19. The van der Waals surface area contributed by atoms with Crippen LogP contribution in [0.5, 0.6) is 0 Å². The fraction of sp³-hybridized carbons (Fsp3) is 0.909. The molecule has 0 aromatic heterocycles. The fourth-order valence-corrected chi connectivity index (χ4v) is 3.13. The molecular formula is C11H22N2S2. The van der Waals surface area contributed by atoms with Crippen molar-refractivity contribution >= 4 is 28.7 Å². The Bertz CT molecular complexity index is 207. The smallest absolute Gasteiger partial charge is 0.157 e. The van der Waals surface area contributed by atoms with E-state index in [0.717, 1.165) is 17.0 Å². The lowest BCUT2D eigenvalue weighted by atomic mass is 10.2. The fourth-order valence-electron chi connectivity index (χ4n) is 1.59. The van der Waals surface area contributed by atoms with Gasteiger partial charge >= 0.3 is 0 Å². The zero-order valence-electron chi connectivity index (χ0n) is 10.1. The van der Waals surface area contributed by atoms with E-state index in [1.807, 2.05) is 23.5 Å². The summed E-state index contributed by atoms with van der Waals surface area (Å²) in [4.78, 5) is 4.63. The Morgan fingerprint density at radius 2 is 2.33 bits per heavy atom. The van der Waals surface area contributed by atoms with Crippen molar-refractivity contribution in [2.45, 2.75) is 50.2 Å². The van der Waals surface area contributed by atoms with Crippen LogP contribution in [0.3, 0.4) is 0 Å². The third kappa shape index (κ3) is 5.16. The highest BCUT2D eigenvalue weighted by molar-refractivity contribution is 8.14. The molecule has 4 heteroatoms. The van der Waals surface area contributed by atoms with Crippen LogP contribution in [-0.2, 0) is 0 Å². The highest BCUT2D eigenvalue weighted by Crippen LogP contribution is 2.22. The second kappa shape index (κ2) is 6.69. The molecule has 88 valence electrons. The molecule has 1 saturated heterocycles. The Labute approximate surface area is 102 Å². The molecule has 0 aliphatic carbocycles. The van der Waals surface area contributed by atoms with E-state index in [9.17, 15) is 0 Å². The summed E-state index contributed by atoms with van der Waals surface area (Å²) in [6.45, 7) is 7.73. The molecule has 0 aromatic rings. The van der Waals surface area contributed by atoms with E-state index in [1.165, 1.54) is 12.8 Å². The first-order valence-corrected chi connectivity index (χ1v) is 7.79. The summed E-state index contributed by atoms with van der Waals surface area (Å²) in [7, 11) is 0. The minimum Gasteiger partial charge on any atom is -0.362 e. The van der Waals surface area contributed by atoms with Gasteiger partial charge in [-0.05, 0) is 26.0 Å². The van der Waals surface area contributed by atoms with Crippen molar-refractivity contribution in [3.05, 3.63) is 0 Å². The molecule has 1 N–H and O–H groups in total. The van der Waals surface area contributed by atoms with E-state index in [2.05, 4.69) is 37.3 Å². The first-order valence-electron chi connectivity index (χ1n) is 5.62. The highest BCUT2D eigenvalue weighted by atomic mass is 32.2. The summed E-state index contributed by atoms with van der Waals surface area (Å²) in [5.41, 5.74) is 0. The van der Waals surface area contributed by atoms with Crippen molar-refractivity contribution in [3.63, 3.8) is 0 Å². The van der Waals surface area contributed by atoms with Crippen molar-refractivity contribution < 1.29 is 0 Å². The van der Waals surface area contributed by atoms with Gasteiger partial charge in [0.2, 0.25) is 0 Å². The zero-order chi connectivity index (χ0) is 11.3. The Kier molecular flexibility index (Phi) is 5.90. The lowest BCUT2D eigenvalue weighted by molar-refractivity contribution is 0.597. The standard InChI is InChI=1S/C11H22N2S2/c1-8-7-10(3)15-11(13-8)12-6-5-9(2)14-4/h8-10H,5-7H2,1-4H3,(H,12,13). The van der Waals surface area contributed by atoms with Crippen molar-refractivity contribution in [1.82, 2.24) is 5.32 Å². The molecule has 1 aliphatic rings. The second-order valence-corrected chi connectivity index (χ2v) is 6.93. The molecule has 3 unspecified atom stereocenters. The molecule has 1 aliphatic heterocycles. The van der Waals surface area contributed by atoms with E-state index in [-0.39, 0.29) is 0 Å². The molecule has 0 radical (unpaired) electrons. The van der Waals surface area contributed by atoms with Crippen LogP contribution >= 0.6 is 23.5 Å². The minimum atomic E-state index is 0.581. The number of rotatable bonds is 4. The van der Waals surface area contributed by atoms with Crippen LogP contribution in [-0.4, -0.2) is 34.5 Å². The Balaban J connectivity index is 2.32. The van der Waals surface area contributed by atoms with Gasteiger partial charge in [0.15, 0.2) is 5.17 Å². The number of amidine groups is 1. The molecule has 15 heavy (non-hydrogen) atoms. The van der Waals surface area contributed by atoms with Gasteiger partial charge in [0.25, 0.3) is 0 Å². The molecule has 0 aromatic carbocycles. The monoisotopic (exact) mass is 246 g/mol. The van der Waals surface area contributed by atoms with Gasteiger partial charge in [0, 0.05) is 23.1 Å². The SMILES string of the molecule is CSC(C)CCN=C1NC(C)CC(C)S1. The van der Waals surface area contributed by atoms with Crippen molar-refractivity contribution in [3.8, 4) is 0 Å². The molecular weight excluding hydrogens is 224 g/mol. The van der Waals surface area contributed by atoms with E-state index in [4.69, 9.17) is 0 Å². The number of nitrogens with zero attached hydrogens (tertiary/aromatic N) is 1. The van der Waals surface area contributed by atoms with E-state index >= 15 is 0 Å². The van der Waals surface area contributed by atoms with Crippen LogP contribution in [0.15, 0.2) is 4.99 Å². The van der Waals surface area contributed by atoms with E-state index < -0.39 is 0 Å². The molecule has 0 amide bonds. The molecule has 0 bridgehead atoms. The van der Waals surface area contributed by atoms with Crippen molar-refractivity contribution in [2.24, 2.45) is 4.99 Å². The molecule has 1 heterocycles. The van der Waals surface area contributed by atoms with Crippen LogP contribution in [0.25, 0.3) is 0 Å². The maximum Gasteiger partial charge on any atom is 0.157 e. The van der Waals surface area contributed by atoms with E-state index in [1.54, 1.807) is 0 Å². The Morgan fingerprint density at radius 3 is 2.93 bits per heavy atom. The van der Waals surface area contributed by atoms with Gasteiger partial charge in [-0.2, -0.15) is 11.8 Å². The van der Waals surface area contributed by atoms with Gasteiger partial charge < -0.3 is 5.32 Å². The number of hydrogen-bond acceptors (Lipinski definition) is 3. The first kappa shape index (κ1) is 13.2. The Hall–Kier alpha value is 0.170. The van der Waals surface area contributed by atoms with Gasteiger partial charge in [-0.25, -0.2) is 0 Å². The maximum atomic E-state index is 4.63. The van der Waals surface area contributed by atoms with Gasteiger partial charge in [-0.1, -0.05) is 25.6 Å². The largest absolute Gasteiger partial charge is 0.362 e. The quantitative estimate of drug-likeness (QED) is 0.825. The van der Waals surface area contributed by atoms with Gasteiger partial charge in [-0.3, -0.25) is 4.99 Å². The lowest BCUT2D eigenvalue weighted by Crippen LogP contribution is -2.38. The zero-order valence-corrected chi connectivity index (χ0v) is 11.8. The summed E-state index contributed by atoms with van der Waals surface area (Å²) < 4.78 is 0. The third-order valence-corrected chi connectivity index (χ3v) is 4.67. The number of aliphatic imine (C=N–C) groups is 1. The van der Waals surface area contributed by atoms with Gasteiger partial charge in [0.1, 0.15) is 0 Å². The van der Waals surface area contributed by atoms with E-state index in [0.29, 0.717) is 11.3 Å². The Morgan fingerprint density at radius 1 is 1.60 bits per heavy atom. The maximum absolute atomic E-state index is 4.63. The average Bonchev–Trinajstić information content (AvgIpc) is 2.16. The van der Waals surface area contributed by atoms with Crippen LogP contribution in [0.2, 0.25) is 0 Å². The molecule has 0 spiro atoms.